The number of carbonyl (C=O) groups excluding carboxylic acids is 1. The predicted octanol–water partition coefficient (Wildman–Crippen LogP) is 1.63. The second-order valence-corrected chi connectivity index (χ2v) is 5.79. The number of amides is 1. The van der Waals surface area contributed by atoms with Gasteiger partial charge in [0.15, 0.2) is 0 Å². The number of rotatable bonds is 3. The van der Waals surface area contributed by atoms with Gasteiger partial charge < -0.3 is 10.2 Å². The van der Waals surface area contributed by atoms with Crippen molar-refractivity contribution < 1.29 is 4.79 Å². The smallest absolute Gasteiger partial charge is 0.223 e. The van der Waals surface area contributed by atoms with Crippen LogP contribution in [0.5, 0.6) is 0 Å². The molecule has 3 heteroatoms. The van der Waals surface area contributed by atoms with E-state index < -0.39 is 0 Å². The summed E-state index contributed by atoms with van der Waals surface area (Å²) in [6.07, 6.45) is 2.86. The normalized spacial score (nSPS) is 31.8. The monoisotopic (exact) mass is 224 g/mol. The van der Waals surface area contributed by atoms with Gasteiger partial charge in [-0.2, -0.15) is 0 Å². The fourth-order valence-corrected chi connectivity index (χ4v) is 3.31. The second-order valence-electron chi connectivity index (χ2n) is 5.79. The topological polar surface area (TPSA) is 32.3 Å². The third kappa shape index (κ3) is 1.86. The summed E-state index contributed by atoms with van der Waals surface area (Å²) >= 11 is 0. The van der Waals surface area contributed by atoms with Crippen molar-refractivity contribution in [3.8, 4) is 0 Å². The number of nitrogens with zero attached hydrogens (tertiary/aromatic N) is 1. The number of hydrogen-bond donors (Lipinski definition) is 1. The van der Waals surface area contributed by atoms with E-state index in [2.05, 4.69) is 31.0 Å². The lowest BCUT2D eigenvalue weighted by Crippen LogP contribution is -2.47. The summed E-state index contributed by atoms with van der Waals surface area (Å²) in [4.78, 5) is 14.3. The van der Waals surface area contributed by atoms with Crippen LogP contribution in [0.25, 0.3) is 0 Å². The van der Waals surface area contributed by atoms with Crippen molar-refractivity contribution in [3.05, 3.63) is 0 Å². The molecule has 3 nitrogen and oxygen atoms in total. The van der Waals surface area contributed by atoms with Crippen molar-refractivity contribution >= 4 is 5.91 Å². The van der Waals surface area contributed by atoms with E-state index in [1.807, 2.05) is 0 Å². The van der Waals surface area contributed by atoms with E-state index in [1.54, 1.807) is 0 Å². The fraction of sp³-hybridized carbons (Fsp3) is 0.923. The Morgan fingerprint density at radius 3 is 2.81 bits per heavy atom. The number of hydrogen-bond acceptors (Lipinski definition) is 2. The number of likely N-dealkylation sites (tertiary alicyclic amines) is 1. The molecule has 2 rings (SSSR count). The van der Waals surface area contributed by atoms with Crippen LogP contribution in [0.15, 0.2) is 0 Å². The molecule has 92 valence electrons. The van der Waals surface area contributed by atoms with Gasteiger partial charge in [-0.1, -0.05) is 13.3 Å². The summed E-state index contributed by atoms with van der Waals surface area (Å²) in [5.41, 5.74) is 0.0546. The van der Waals surface area contributed by atoms with Crippen molar-refractivity contribution in [2.75, 3.05) is 19.6 Å². The molecule has 0 aromatic heterocycles. The third-order valence-electron chi connectivity index (χ3n) is 4.41. The van der Waals surface area contributed by atoms with Gasteiger partial charge in [0.25, 0.3) is 0 Å². The van der Waals surface area contributed by atoms with Crippen LogP contribution in [0.2, 0.25) is 0 Å². The van der Waals surface area contributed by atoms with Crippen molar-refractivity contribution in [1.29, 1.82) is 0 Å². The van der Waals surface area contributed by atoms with Crippen molar-refractivity contribution in [2.45, 2.75) is 45.6 Å². The first-order valence-electron chi connectivity index (χ1n) is 6.58. The lowest BCUT2D eigenvalue weighted by Gasteiger charge is -2.35. The maximum atomic E-state index is 12.2. The molecule has 2 unspecified atom stereocenters. The zero-order chi connectivity index (χ0) is 11.8. The van der Waals surface area contributed by atoms with Gasteiger partial charge in [0.2, 0.25) is 5.91 Å². The minimum Gasteiger partial charge on any atom is -0.337 e. The lowest BCUT2D eigenvalue weighted by atomic mass is 9.85. The molecule has 2 aliphatic rings. The predicted molar refractivity (Wildman–Crippen MR) is 65.2 cm³/mol. The molecule has 0 aliphatic carbocycles. The van der Waals surface area contributed by atoms with E-state index in [0.717, 1.165) is 38.9 Å². The van der Waals surface area contributed by atoms with E-state index in [1.165, 1.54) is 0 Å². The molecule has 0 spiro atoms. The van der Waals surface area contributed by atoms with Gasteiger partial charge in [-0.3, -0.25) is 4.79 Å². The van der Waals surface area contributed by atoms with Crippen LogP contribution >= 0.6 is 0 Å². The molecule has 2 saturated heterocycles. The summed E-state index contributed by atoms with van der Waals surface area (Å²) in [5.74, 6) is 1.69. The quantitative estimate of drug-likeness (QED) is 0.790. The molecule has 1 amide bonds. The molecule has 2 atom stereocenters. The Morgan fingerprint density at radius 2 is 2.19 bits per heavy atom. The van der Waals surface area contributed by atoms with Gasteiger partial charge >= 0.3 is 0 Å². The number of carbonyl (C=O) groups is 1. The molecule has 0 aromatic carbocycles. The second kappa shape index (κ2) is 4.36. The minimum atomic E-state index is 0.0546. The molecular formula is C13H24N2O. The van der Waals surface area contributed by atoms with Crippen LogP contribution in [-0.2, 0) is 4.79 Å². The molecule has 2 fully saturated rings. The minimum absolute atomic E-state index is 0.0546. The van der Waals surface area contributed by atoms with Crippen LogP contribution in [-0.4, -0.2) is 36.0 Å². The van der Waals surface area contributed by atoms with Gasteiger partial charge in [0.1, 0.15) is 0 Å². The zero-order valence-corrected chi connectivity index (χ0v) is 10.8. The van der Waals surface area contributed by atoms with Crippen LogP contribution < -0.4 is 5.32 Å². The lowest BCUT2D eigenvalue weighted by molar-refractivity contribution is -0.135. The Kier molecular flexibility index (Phi) is 3.24. The largest absolute Gasteiger partial charge is 0.337 e. The van der Waals surface area contributed by atoms with Gasteiger partial charge in [0, 0.05) is 31.6 Å². The van der Waals surface area contributed by atoms with Crippen molar-refractivity contribution in [2.24, 2.45) is 11.8 Å². The van der Waals surface area contributed by atoms with E-state index in [4.69, 9.17) is 0 Å². The molecule has 0 bridgehead atoms. The first kappa shape index (κ1) is 11.9. The summed E-state index contributed by atoms with van der Waals surface area (Å²) in [6, 6.07) is 0. The summed E-state index contributed by atoms with van der Waals surface area (Å²) in [6.45, 7) is 9.73. The van der Waals surface area contributed by atoms with E-state index >= 15 is 0 Å². The Bertz CT molecular complexity index is 275. The first-order chi connectivity index (χ1) is 7.57. The maximum Gasteiger partial charge on any atom is 0.223 e. The van der Waals surface area contributed by atoms with Crippen LogP contribution in [0.4, 0.5) is 0 Å². The Labute approximate surface area is 98.6 Å². The number of nitrogens with one attached hydrogen (secondary N) is 1. The van der Waals surface area contributed by atoms with Gasteiger partial charge in [-0.15, -0.1) is 0 Å². The molecule has 0 aromatic rings. The molecule has 0 saturated carbocycles. The summed E-state index contributed by atoms with van der Waals surface area (Å²) < 4.78 is 0. The molecule has 1 N–H and O–H groups in total. The van der Waals surface area contributed by atoms with E-state index in [0.29, 0.717) is 17.7 Å². The Balaban J connectivity index is 2.03. The zero-order valence-electron chi connectivity index (χ0n) is 10.8. The Morgan fingerprint density at radius 1 is 1.44 bits per heavy atom. The third-order valence-corrected chi connectivity index (χ3v) is 4.41. The van der Waals surface area contributed by atoms with Crippen LogP contribution in [0.1, 0.15) is 40.0 Å². The van der Waals surface area contributed by atoms with Gasteiger partial charge in [-0.25, -0.2) is 0 Å². The van der Waals surface area contributed by atoms with Crippen molar-refractivity contribution in [3.63, 3.8) is 0 Å². The highest BCUT2D eigenvalue weighted by atomic mass is 16.2. The number of fused-ring (bicyclic) bond motifs is 1. The van der Waals surface area contributed by atoms with Gasteiger partial charge in [0.05, 0.1) is 0 Å². The Hall–Kier alpha value is -0.570. The first-order valence-corrected chi connectivity index (χ1v) is 6.58. The highest BCUT2D eigenvalue weighted by molar-refractivity contribution is 5.77. The summed E-state index contributed by atoms with van der Waals surface area (Å²) in [7, 11) is 0. The SMILES string of the molecule is CCCCC(=O)N1CC2CNCC2C1(C)C. The van der Waals surface area contributed by atoms with E-state index in [9.17, 15) is 4.79 Å². The van der Waals surface area contributed by atoms with Crippen LogP contribution in [0, 0.1) is 11.8 Å². The fourth-order valence-electron chi connectivity index (χ4n) is 3.31. The maximum absolute atomic E-state index is 12.2. The highest BCUT2D eigenvalue weighted by Crippen LogP contribution is 2.40. The molecule has 2 heterocycles. The average Bonchev–Trinajstić information content (AvgIpc) is 2.78. The summed E-state index contributed by atoms with van der Waals surface area (Å²) in [5, 5.41) is 3.44. The van der Waals surface area contributed by atoms with E-state index in [-0.39, 0.29) is 5.54 Å². The average molecular weight is 224 g/mol. The standard InChI is InChI=1S/C13H24N2O/c1-4-5-6-12(16)15-9-10-7-14-8-11(10)13(15,2)3/h10-11,14H,4-9H2,1-3H3. The highest BCUT2D eigenvalue weighted by Gasteiger charge is 2.50. The molecule has 2 aliphatic heterocycles. The van der Waals surface area contributed by atoms with Crippen LogP contribution in [0.3, 0.4) is 0 Å². The molecule has 0 radical (unpaired) electrons. The van der Waals surface area contributed by atoms with Gasteiger partial charge in [-0.05, 0) is 32.1 Å². The van der Waals surface area contributed by atoms with Crippen molar-refractivity contribution in [1.82, 2.24) is 10.2 Å². The molecular weight excluding hydrogens is 200 g/mol. The number of unbranched alkanes of at least 4 members (excludes halogenated alkanes) is 1. The molecule has 16 heavy (non-hydrogen) atoms.